The van der Waals surface area contributed by atoms with Gasteiger partial charge in [0.2, 0.25) is 0 Å². The average molecular weight is 393 g/mol. The molecule has 0 heterocycles. The van der Waals surface area contributed by atoms with E-state index in [0.717, 1.165) is 28.8 Å². The molecule has 0 bridgehead atoms. The van der Waals surface area contributed by atoms with Crippen LogP contribution in [-0.4, -0.2) is 5.16 Å². The van der Waals surface area contributed by atoms with Crippen LogP contribution in [0.15, 0.2) is 53.5 Å². The Bertz CT molecular complexity index is 1160. The van der Waals surface area contributed by atoms with Gasteiger partial charge in [-0.3, -0.25) is 0 Å². The van der Waals surface area contributed by atoms with Crippen molar-refractivity contribution in [3.8, 4) is 23.0 Å². The maximum atomic E-state index is 14.2. The number of isothiocyanates is 1. The Morgan fingerprint density at radius 1 is 0.821 bits per heavy atom. The van der Waals surface area contributed by atoms with E-state index in [0.29, 0.717) is 11.1 Å². The van der Waals surface area contributed by atoms with Crippen LogP contribution in [-0.2, 0) is 0 Å². The van der Waals surface area contributed by atoms with Crippen LogP contribution in [0.1, 0.15) is 22.3 Å². The van der Waals surface area contributed by atoms with Crippen molar-refractivity contribution in [2.24, 2.45) is 4.99 Å². The Kier molecular flexibility index (Phi) is 5.75. The van der Waals surface area contributed by atoms with E-state index in [1.54, 1.807) is 18.2 Å². The topological polar surface area (TPSA) is 12.4 Å². The van der Waals surface area contributed by atoms with Crippen molar-refractivity contribution in [1.82, 2.24) is 0 Å². The summed E-state index contributed by atoms with van der Waals surface area (Å²) in [4.78, 5) is 3.37. The van der Waals surface area contributed by atoms with Gasteiger partial charge >= 0.3 is 0 Å². The van der Waals surface area contributed by atoms with E-state index in [9.17, 15) is 13.2 Å². The first-order valence-electron chi connectivity index (χ1n) is 8.35. The SMILES string of the molecule is Cc1ccc(-c2ccc(C#Cc3cc(F)c(N=C=S)c(F)c3)c(C)c2)c(F)c1. The Morgan fingerprint density at radius 3 is 2.14 bits per heavy atom. The Hall–Kier alpha value is -3.19. The maximum absolute atomic E-state index is 14.2. The highest BCUT2D eigenvalue weighted by atomic mass is 32.1. The Morgan fingerprint density at radius 2 is 1.54 bits per heavy atom. The van der Waals surface area contributed by atoms with Crippen molar-refractivity contribution in [3.63, 3.8) is 0 Å². The third-order valence-electron chi connectivity index (χ3n) is 4.18. The summed E-state index contributed by atoms with van der Waals surface area (Å²) in [6, 6.07) is 12.6. The zero-order valence-electron chi connectivity index (χ0n) is 15.1. The first-order valence-corrected chi connectivity index (χ1v) is 8.76. The van der Waals surface area contributed by atoms with Crippen LogP contribution in [0.2, 0.25) is 0 Å². The minimum Gasteiger partial charge on any atom is -0.206 e. The van der Waals surface area contributed by atoms with Gasteiger partial charge in [0.25, 0.3) is 0 Å². The van der Waals surface area contributed by atoms with E-state index in [2.05, 4.69) is 29.1 Å². The van der Waals surface area contributed by atoms with Gasteiger partial charge in [0.05, 0.1) is 5.16 Å². The molecule has 0 saturated carbocycles. The molecule has 0 amide bonds. The molecular formula is C23H14F3NS. The minimum absolute atomic E-state index is 0.173. The second kappa shape index (κ2) is 8.22. The highest BCUT2D eigenvalue weighted by Crippen LogP contribution is 2.26. The second-order valence-electron chi connectivity index (χ2n) is 6.25. The number of benzene rings is 3. The summed E-state index contributed by atoms with van der Waals surface area (Å²) >= 11 is 4.37. The van der Waals surface area contributed by atoms with Gasteiger partial charge in [-0.05, 0) is 67.0 Å². The Labute approximate surface area is 166 Å². The molecule has 3 aromatic rings. The molecule has 0 spiro atoms. The van der Waals surface area contributed by atoms with Crippen molar-refractivity contribution in [2.45, 2.75) is 13.8 Å². The summed E-state index contributed by atoms with van der Waals surface area (Å²) in [6.07, 6.45) is 0. The number of rotatable bonds is 2. The van der Waals surface area contributed by atoms with E-state index in [1.165, 1.54) is 6.07 Å². The molecule has 0 aliphatic heterocycles. The molecular weight excluding hydrogens is 379 g/mol. The van der Waals surface area contributed by atoms with Crippen LogP contribution >= 0.6 is 12.2 Å². The third kappa shape index (κ3) is 4.20. The molecule has 0 saturated heterocycles. The zero-order valence-corrected chi connectivity index (χ0v) is 15.9. The van der Waals surface area contributed by atoms with Gasteiger partial charge in [-0.25, -0.2) is 13.2 Å². The van der Waals surface area contributed by atoms with Crippen LogP contribution in [0.4, 0.5) is 18.9 Å². The number of thiocarbonyl (C=S) groups is 1. The molecule has 0 radical (unpaired) electrons. The fraction of sp³-hybridized carbons (Fsp3) is 0.0870. The number of hydrogen-bond acceptors (Lipinski definition) is 2. The maximum Gasteiger partial charge on any atom is 0.153 e. The van der Waals surface area contributed by atoms with Crippen molar-refractivity contribution in [1.29, 1.82) is 0 Å². The highest BCUT2D eigenvalue weighted by Gasteiger charge is 2.10. The van der Waals surface area contributed by atoms with Crippen molar-refractivity contribution in [2.75, 3.05) is 0 Å². The molecule has 3 rings (SSSR count). The molecule has 1 nitrogen and oxygen atoms in total. The molecule has 0 N–H and O–H groups in total. The van der Waals surface area contributed by atoms with Crippen molar-refractivity contribution >= 4 is 23.1 Å². The van der Waals surface area contributed by atoms with E-state index in [1.807, 2.05) is 31.1 Å². The molecule has 0 aliphatic rings. The first kappa shape index (κ1) is 19.6. The number of aliphatic imine (C=N–C) groups is 1. The summed E-state index contributed by atoms with van der Waals surface area (Å²) in [5.74, 6) is 3.63. The van der Waals surface area contributed by atoms with Crippen LogP contribution < -0.4 is 0 Å². The van der Waals surface area contributed by atoms with Crippen LogP contribution in [0.3, 0.4) is 0 Å². The monoisotopic (exact) mass is 393 g/mol. The molecule has 138 valence electrons. The highest BCUT2D eigenvalue weighted by molar-refractivity contribution is 7.78. The van der Waals surface area contributed by atoms with Crippen LogP contribution in [0, 0.1) is 43.1 Å². The number of halogens is 3. The fourth-order valence-electron chi connectivity index (χ4n) is 2.76. The lowest BCUT2D eigenvalue weighted by Gasteiger charge is -2.07. The van der Waals surface area contributed by atoms with Crippen molar-refractivity contribution in [3.05, 3.63) is 88.2 Å². The molecule has 0 aromatic heterocycles. The average Bonchev–Trinajstić information content (AvgIpc) is 2.64. The summed E-state index contributed by atoms with van der Waals surface area (Å²) in [7, 11) is 0. The van der Waals surface area contributed by atoms with Gasteiger partial charge < -0.3 is 0 Å². The van der Waals surface area contributed by atoms with Gasteiger partial charge in [-0.15, -0.1) is 0 Å². The fourth-order valence-corrected chi connectivity index (χ4v) is 2.85. The normalized spacial score (nSPS) is 10.0. The zero-order chi connectivity index (χ0) is 20.3. The molecule has 3 aromatic carbocycles. The van der Waals surface area contributed by atoms with Crippen molar-refractivity contribution < 1.29 is 13.2 Å². The van der Waals surface area contributed by atoms with Gasteiger partial charge in [0.1, 0.15) is 11.5 Å². The minimum atomic E-state index is -0.858. The number of nitrogens with zero attached hydrogens (tertiary/aromatic N) is 1. The van der Waals surface area contributed by atoms with Gasteiger partial charge in [-0.2, -0.15) is 4.99 Å². The summed E-state index contributed by atoms with van der Waals surface area (Å²) in [6.45, 7) is 3.68. The molecule has 5 heteroatoms. The number of hydrogen-bond donors (Lipinski definition) is 0. The van der Waals surface area contributed by atoms with Gasteiger partial charge in [-0.1, -0.05) is 36.1 Å². The standard InChI is InChI=1S/C23H14F3NS/c1-14-3-8-19(20(24)9-14)18-7-6-17(15(2)10-18)5-4-16-11-21(25)23(27-13-28)22(26)12-16/h3,6-12H,1-2H3. The summed E-state index contributed by atoms with van der Waals surface area (Å²) < 4.78 is 42.0. The first-order chi connectivity index (χ1) is 13.4. The van der Waals surface area contributed by atoms with Crippen LogP contribution in [0.5, 0.6) is 0 Å². The quantitative estimate of drug-likeness (QED) is 0.274. The third-order valence-corrected chi connectivity index (χ3v) is 4.27. The van der Waals surface area contributed by atoms with Gasteiger partial charge in [0.15, 0.2) is 11.6 Å². The van der Waals surface area contributed by atoms with E-state index < -0.39 is 17.3 Å². The second-order valence-corrected chi connectivity index (χ2v) is 6.44. The van der Waals surface area contributed by atoms with Crippen LogP contribution in [0.25, 0.3) is 11.1 Å². The summed E-state index contributed by atoms with van der Waals surface area (Å²) in [5.41, 5.74) is 3.28. The van der Waals surface area contributed by atoms with Gasteiger partial charge in [0, 0.05) is 16.7 Å². The largest absolute Gasteiger partial charge is 0.206 e. The molecule has 0 unspecified atom stereocenters. The molecule has 28 heavy (non-hydrogen) atoms. The molecule has 0 fully saturated rings. The predicted molar refractivity (Wildman–Crippen MR) is 108 cm³/mol. The van der Waals surface area contributed by atoms with E-state index in [-0.39, 0.29) is 11.4 Å². The van der Waals surface area contributed by atoms with E-state index >= 15 is 0 Å². The van der Waals surface area contributed by atoms with E-state index in [4.69, 9.17) is 0 Å². The predicted octanol–water partition coefficient (Wildman–Crippen LogP) is 6.52. The number of aryl methyl sites for hydroxylation is 2. The summed E-state index contributed by atoms with van der Waals surface area (Å²) in [5, 5.41) is 1.94. The molecule has 0 atom stereocenters. The lowest BCUT2D eigenvalue weighted by Crippen LogP contribution is -1.89. The smallest absolute Gasteiger partial charge is 0.153 e. The molecule has 0 aliphatic carbocycles. The Balaban J connectivity index is 1.94. The lowest BCUT2D eigenvalue weighted by molar-refractivity contribution is 0.587. The lowest BCUT2D eigenvalue weighted by atomic mass is 9.98.